The number of hydrogen-bond donors (Lipinski definition) is 3. The summed E-state index contributed by atoms with van der Waals surface area (Å²) in [5, 5.41) is 4.18. The molecule has 23 heavy (non-hydrogen) atoms. The van der Waals surface area contributed by atoms with Crippen LogP contribution in [0.15, 0.2) is 0 Å². The van der Waals surface area contributed by atoms with Crippen LogP contribution in [0.3, 0.4) is 0 Å². The number of nitrogens with two attached hydrogens (primary N) is 1. The van der Waals surface area contributed by atoms with Crippen LogP contribution in [-0.2, 0) is 19.5 Å². The molecule has 0 unspecified atom stereocenters. The Morgan fingerprint density at radius 2 is 2.00 bits per heavy atom. The van der Waals surface area contributed by atoms with Crippen LogP contribution in [0.1, 0.15) is 25.7 Å². The summed E-state index contributed by atoms with van der Waals surface area (Å²) in [6.45, 7) is 2.78. The van der Waals surface area contributed by atoms with E-state index in [1.807, 2.05) is 0 Å². The summed E-state index contributed by atoms with van der Waals surface area (Å²) in [7, 11) is -4.69. The van der Waals surface area contributed by atoms with Crippen LogP contribution in [-0.4, -0.2) is 67.1 Å². The lowest BCUT2D eigenvalue weighted by molar-refractivity contribution is -0.110. The maximum atomic E-state index is 12.2. The van der Waals surface area contributed by atoms with Gasteiger partial charge in [0.15, 0.2) is 0 Å². The molecule has 0 saturated carbocycles. The van der Waals surface area contributed by atoms with Gasteiger partial charge in [0.1, 0.15) is 0 Å². The lowest BCUT2D eigenvalue weighted by Crippen LogP contribution is -2.56. The van der Waals surface area contributed by atoms with Crippen molar-refractivity contribution in [3.8, 4) is 0 Å². The van der Waals surface area contributed by atoms with Gasteiger partial charge in [-0.05, 0) is 44.7 Å². The Bertz CT molecular complexity index is 550. The van der Waals surface area contributed by atoms with Crippen LogP contribution >= 0.6 is 0 Å². The molecule has 3 heterocycles. The second-order valence-electron chi connectivity index (χ2n) is 5.87. The molecule has 3 saturated heterocycles. The number of rotatable bonds is 3. The van der Waals surface area contributed by atoms with E-state index in [0.29, 0.717) is 19.5 Å². The SMILES string of the molecule is NC=O.O=C1N2CCC[C@@](C3CCNCC3)(C2)N1OS(=O)(=O)O. The van der Waals surface area contributed by atoms with Gasteiger partial charge >= 0.3 is 16.4 Å². The first kappa shape index (κ1) is 17.9. The van der Waals surface area contributed by atoms with Gasteiger partial charge in [-0.15, -0.1) is 4.28 Å². The molecule has 0 aromatic heterocycles. The highest BCUT2D eigenvalue weighted by Gasteiger charge is 2.58. The smallest absolute Gasteiger partial charge is 0.372 e. The van der Waals surface area contributed by atoms with E-state index >= 15 is 0 Å². The van der Waals surface area contributed by atoms with Crippen molar-refractivity contribution in [2.75, 3.05) is 26.2 Å². The Morgan fingerprint density at radius 3 is 2.57 bits per heavy atom. The lowest BCUT2D eigenvalue weighted by Gasteiger charge is -2.44. The van der Waals surface area contributed by atoms with Crippen LogP contribution in [0.5, 0.6) is 0 Å². The molecule has 4 N–H and O–H groups in total. The molecule has 132 valence electrons. The third-order valence-electron chi connectivity index (χ3n) is 4.62. The highest BCUT2D eigenvalue weighted by Crippen LogP contribution is 2.44. The minimum Gasteiger partial charge on any atom is -0.372 e. The summed E-state index contributed by atoms with van der Waals surface area (Å²) in [5.41, 5.74) is 3.53. The average Bonchev–Trinajstić information content (AvgIpc) is 2.69. The van der Waals surface area contributed by atoms with Crippen LogP contribution in [0.2, 0.25) is 0 Å². The molecular formula is C12H22N4O6S. The Morgan fingerprint density at radius 1 is 1.39 bits per heavy atom. The summed E-state index contributed by atoms with van der Waals surface area (Å²) in [6, 6.07) is -0.460. The Balaban J connectivity index is 0.000000595. The fourth-order valence-corrected chi connectivity index (χ4v) is 4.17. The number of nitrogens with zero attached hydrogens (tertiary/aromatic N) is 2. The first-order valence-electron chi connectivity index (χ1n) is 7.46. The predicted molar refractivity (Wildman–Crippen MR) is 79.3 cm³/mol. The van der Waals surface area contributed by atoms with Crippen LogP contribution < -0.4 is 11.1 Å². The minimum absolute atomic E-state index is 0.180. The summed E-state index contributed by atoms with van der Waals surface area (Å²) in [4.78, 5) is 22.4. The van der Waals surface area contributed by atoms with Gasteiger partial charge in [-0.3, -0.25) is 9.35 Å². The van der Waals surface area contributed by atoms with Gasteiger partial charge in [-0.25, -0.2) is 4.79 Å². The first-order valence-corrected chi connectivity index (χ1v) is 8.83. The second-order valence-corrected chi connectivity index (χ2v) is 6.87. The fraction of sp³-hybridized carbons (Fsp3) is 0.833. The van der Waals surface area contributed by atoms with Crippen molar-refractivity contribution in [2.45, 2.75) is 31.2 Å². The zero-order valence-electron chi connectivity index (χ0n) is 12.7. The normalized spacial score (nSPS) is 28.3. The molecule has 10 nitrogen and oxygen atoms in total. The first-order chi connectivity index (χ1) is 10.8. The summed E-state index contributed by atoms with van der Waals surface area (Å²) >= 11 is 0. The number of fused-ring (bicyclic) bond motifs is 2. The standard InChI is InChI=1S/C11H19N3O5S.CH3NO/c15-10-13-7-1-4-11(8-13,9-2-5-12-6-3-9)14(10)19-20(16,17)18;2-1-3/h9,12H,1-8H2,(H,16,17,18);1H,(H2,2,3)/t11-;/m0./s1. The summed E-state index contributed by atoms with van der Waals surface area (Å²) < 4.78 is 35.7. The summed E-state index contributed by atoms with van der Waals surface area (Å²) in [6.07, 6.45) is 3.51. The third kappa shape index (κ3) is 3.74. The highest BCUT2D eigenvalue weighted by molar-refractivity contribution is 7.80. The molecule has 1 atom stereocenters. The number of urea groups is 1. The predicted octanol–water partition coefficient (Wildman–Crippen LogP) is -0.908. The van der Waals surface area contributed by atoms with Crippen molar-refractivity contribution in [2.24, 2.45) is 11.7 Å². The Kier molecular flexibility index (Phi) is 5.45. The van der Waals surface area contributed by atoms with E-state index in [9.17, 15) is 13.2 Å². The summed E-state index contributed by atoms with van der Waals surface area (Å²) in [5.74, 6) is 0.180. The van der Waals surface area contributed by atoms with Gasteiger partial charge in [-0.1, -0.05) is 0 Å². The van der Waals surface area contributed by atoms with E-state index in [1.54, 1.807) is 4.90 Å². The number of nitrogens with one attached hydrogen (secondary N) is 1. The van der Waals surface area contributed by atoms with Gasteiger partial charge < -0.3 is 16.0 Å². The third-order valence-corrected chi connectivity index (χ3v) is 4.96. The molecule has 3 rings (SSSR count). The zero-order chi connectivity index (χ0) is 17.1. The van der Waals surface area contributed by atoms with Crippen LogP contribution in [0, 0.1) is 5.92 Å². The lowest BCUT2D eigenvalue weighted by atomic mass is 9.74. The number of primary amides is 1. The molecule has 0 aliphatic carbocycles. The van der Waals surface area contributed by atoms with Crippen molar-refractivity contribution in [3.05, 3.63) is 0 Å². The molecule has 0 aromatic rings. The van der Waals surface area contributed by atoms with Gasteiger partial charge in [-0.2, -0.15) is 13.5 Å². The number of carbonyl (C=O) groups is 2. The zero-order valence-corrected chi connectivity index (χ0v) is 13.5. The Hall–Kier alpha value is -1.43. The molecule has 3 fully saturated rings. The van der Waals surface area contributed by atoms with Gasteiger partial charge in [0.05, 0.1) is 5.54 Å². The van der Waals surface area contributed by atoms with Gasteiger partial charge in [0.2, 0.25) is 6.41 Å². The van der Waals surface area contributed by atoms with E-state index in [0.717, 1.165) is 37.4 Å². The fourth-order valence-electron chi connectivity index (χ4n) is 3.77. The molecule has 3 amide bonds. The number of piperidine rings is 2. The van der Waals surface area contributed by atoms with Crippen molar-refractivity contribution in [1.82, 2.24) is 15.3 Å². The van der Waals surface area contributed by atoms with E-state index < -0.39 is 22.0 Å². The van der Waals surface area contributed by atoms with Gasteiger partial charge in [0.25, 0.3) is 0 Å². The molecule has 2 bridgehead atoms. The molecule has 0 aromatic carbocycles. The quantitative estimate of drug-likeness (QED) is 0.442. The average molecular weight is 350 g/mol. The number of carbonyl (C=O) groups excluding carboxylic acids is 2. The van der Waals surface area contributed by atoms with Crippen LogP contribution in [0.25, 0.3) is 0 Å². The topological polar surface area (TPSA) is 142 Å². The molecule has 11 heteroatoms. The second kappa shape index (κ2) is 6.99. The maximum absolute atomic E-state index is 12.2. The molecular weight excluding hydrogens is 328 g/mol. The number of hydrogen-bond acceptors (Lipinski definition) is 6. The molecule has 3 aliphatic rings. The van der Waals surface area contributed by atoms with E-state index in [1.165, 1.54) is 0 Å². The maximum Gasteiger partial charge on any atom is 0.418 e. The molecule has 0 radical (unpaired) electrons. The van der Waals surface area contributed by atoms with Crippen LogP contribution in [0.4, 0.5) is 4.79 Å². The van der Waals surface area contributed by atoms with Crippen molar-refractivity contribution in [1.29, 1.82) is 0 Å². The number of hydroxylamine groups is 2. The number of amides is 3. The van der Waals surface area contributed by atoms with E-state index in [-0.39, 0.29) is 12.3 Å². The minimum atomic E-state index is -4.69. The monoisotopic (exact) mass is 350 g/mol. The van der Waals surface area contributed by atoms with Crippen molar-refractivity contribution < 1.29 is 26.8 Å². The van der Waals surface area contributed by atoms with E-state index in [4.69, 9.17) is 9.35 Å². The molecule has 3 aliphatic heterocycles. The largest absolute Gasteiger partial charge is 0.418 e. The molecule has 0 spiro atoms. The highest BCUT2D eigenvalue weighted by atomic mass is 32.3. The van der Waals surface area contributed by atoms with E-state index in [2.05, 4.69) is 15.3 Å². The van der Waals surface area contributed by atoms with Crippen molar-refractivity contribution >= 4 is 22.8 Å². The Labute approximate surface area is 134 Å². The van der Waals surface area contributed by atoms with Crippen molar-refractivity contribution in [3.63, 3.8) is 0 Å². The van der Waals surface area contributed by atoms with Gasteiger partial charge in [0, 0.05) is 13.1 Å².